The van der Waals surface area contributed by atoms with Crippen molar-refractivity contribution in [2.45, 2.75) is 25.9 Å². The summed E-state index contributed by atoms with van der Waals surface area (Å²) in [5.41, 5.74) is 6.55. The van der Waals surface area contributed by atoms with E-state index in [0.717, 1.165) is 5.56 Å². The molecular formula is C15H24FN3O. The van der Waals surface area contributed by atoms with Crippen LogP contribution < -0.4 is 11.1 Å². The van der Waals surface area contributed by atoms with Crippen LogP contribution in [-0.4, -0.2) is 37.5 Å². The number of rotatable bonds is 6. The third kappa shape index (κ3) is 4.58. The van der Waals surface area contributed by atoms with Gasteiger partial charge in [0.25, 0.3) is 0 Å². The molecule has 112 valence electrons. The topological polar surface area (TPSA) is 58.4 Å². The molecule has 4 nitrogen and oxygen atoms in total. The van der Waals surface area contributed by atoms with Crippen molar-refractivity contribution in [1.29, 1.82) is 0 Å². The van der Waals surface area contributed by atoms with Gasteiger partial charge in [-0.3, -0.25) is 4.79 Å². The molecule has 0 saturated carbocycles. The van der Waals surface area contributed by atoms with E-state index in [0.29, 0.717) is 6.54 Å². The Morgan fingerprint density at radius 3 is 2.55 bits per heavy atom. The third-order valence-corrected chi connectivity index (χ3v) is 3.53. The zero-order chi connectivity index (χ0) is 15.3. The van der Waals surface area contributed by atoms with Gasteiger partial charge in [-0.25, -0.2) is 4.39 Å². The maximum atomic E-state index is 13.3. The molecule has 0 bridgehead atoms. The number of nitrogens with one attached hydrogen (secondary N) is 1. The van der Waals surface area contributed by atoms with Crippen molar-refractivity contribution in [3.05, 3.63) is 35.6 Å². The number of nitrogens with zero attached hydrogens (tertiary/aromatic N) is 1. The number of likely N-dealkylation sites (N-methyl/N-ethyl adjacent to an activating group) is 1. The molecule has 5 heteroatoms. The summed E-state index contributed by atoms with van der Waals surface area (Å²) in [4.78, 5) is 13.9. The first-order valence-electron chi connectivity index (χ1n) is 6.78. The van der Waals surface area contributed by atoms with Crippen molar-refractivity contribution in [2.75, 3.05) is 20.6 Å². The lowest BCUT2D eigenvalue weighted by Crippen LogP contribution is -2.42. The summed E-state index contributed by atoms with van der Waals surface area (Å²) in [6.45, 7) is 4.03. The Balaban J connectivity index is 2.72. The molecule has 1 aromatic carbocycles. The number of nitrogens with two attached hydrogens (primary N) is 1. The Kier molecular flexibility index (Phi) is 6.10. The predicted octanol–water partition coefficient (Wildman–Crippen LogP) is 1.53. The molecule has 3 unspecified atom stereocenters. The number of hydrogen-bond donors (Lipinski definition) is 2. The Bertz CT molecular complexity index is 448. The quantitative estimate of drug-likeness (QED) is 0.831. The van der Waals surface area contributed by atoms with E-state index >= 15 is 0 Å². The van der Waals surface area contributed by atoms with E-state index in [1.54, 1.807) is 19.9 Å². The number of hydrogen-bond acceptors (Lipinski definition) is 3. The largest absolute Gasteiger partial charge is 0.354 e. The van der Waals surface area contributed by atoms with Gasteiger partial charge in [0, 0.05) is 18.5 Å². The molecule has 1 amide bonds. The van der Waals surface area contributed by atoms with Crippen molar-refractivity contribution in [1.82, 2.24) is 10.2 Å². The van der Waals surface area contributed by atoms with Gasteiger partial charge in [-0.1, -0.05) is 19.1 Å². The molecule has 0 radical (unpaired) electrons. The van der Waals surface area contributed by atoms with Crippen LogP contribution in [0.2, 0.25) is 0 Å². The van der Waals surface area contributed by atoms with Crippen LogP contribution in [0.5, 0.6) is 0 Å². The average Bonchev–Trinajstić information content (AvgIpc) is 2.37. The minimum Gasteiger partial charge on any atom is -0.354 e. The van der Waals surface area contributed by atoms with E-state index in [1.165, 1.54) is 12.1 Å². The Morgan fingerprint density at radius 2 is 2.05 bits per heavy atom. The fourth-order valence-electron chi connectivity index (χ4n) is 1.91. The van der Waals surface area contributed by atoms with Crippen LogP contribution in [0.3, 0.4) is 0 Å². The highest BCUT2D eigenvalue weighted by Gasteiger charge is 2.20. The summed E-state index contributed by atoms with van der Waals surface area (Å²) in [5, 5.41) is 2.88. The van der Waals surface area contributed by atoms with Crippen LogP contribution in [0.15, 0.2) is 24.3 Å². The molecule has 1 rings (SSSR count). The summed E-state index contributed by atoms with van der Waals surface area (Å²) in [6.07, 6.45) is 0. The van der Waals surface area contributed by atoms with Gasteiger partial charge in [-0.2, -0.15) is 0 Å². The van der Waals surface area contributed by atoms with Gasteiger partial charge in [0.1, 0.15) is 5.82 Å². The summed E-state index contributed by atoms with van der Waals surface area (Å²) in [6, 6.07) is 6.17. The molecule has 0 aliphatic heterocycles. The van der Waals surface area contributed by atoms with Crippen LogP contribution in [0, 0.1) is 11.7 Å². The van der Waals surface area contributed by atoms with Crippen molar-refractivity contribution in [3.8, 4) is 0 Å². The maximum Gasteiger partial charge on any atom is 0.224 e. The second kappa shape index (κ2) is 7.36. The second-order valence-electron chi connectivity index (χ2n) is 5.43. The van der Waals surface area contributed by atoms with Gasteiger partial charge in [0.15, 0.2) is 0 Å². The molecule has 0 saturated heterocycles. The summed E-state index contributed by atoms with van der Waals surface area (Å²) in [7, 11) is 3.80. The number of amides is 1. The second-order valence-corrected chi connectivity index (χ2v) is 5.43. The van der Waals surface area contributed by atoms with Crippen LogP contribution in [0.4, 0.5) is 4.39 Å². The Hall–Kier alpha value is -1.46. The SMILES string of the molecule is CC(N)C(C)C(=O)NCC(c1cccc(F)c1)N(C)C. The lowest BCUT2D eigenvalue weighted by molar-refractivity contribution is -0.125. The minimum atomic E-state index is -0.273. The first kappa shape index (κ1) is 16.6. The third-order valence-electron chi connectivity index (χ3n) is 3.53. The van der Waals surface area contributed by atoms with E-state index < -0.39 is 0 Å². The minimum absolute atomic E-state index is 0.0741. The fourth-order valence-corrected chi connectivity index (χ4v) is 1.91. The van der Waals surface area contributed by atoms with E-state index in [4.69, 9.17) is 5.73 Å². The molecule has 1 aromatic rings. The lowest BCUT2D eigenvalue weighted by Gasteiger charge is -2.26. The highest BCUT2D eigenvalue weighted by molar-refractivity contribution is 5.78. The highest BCUT2D eigenvalue weighted by atomic mass is 19.1. The zero-order valence-electron chi connectivity index (χ0n) is 12.6. The molecular weight excluding hydrogens is 257 g/mol. The van der Waals surface area contributed by atoms with Crippen LogP contribution in [-0.2, 0) is 4.79 Å². The first-order valence-corrected chi connectivity index (χ1v) is 6.78. The molecule has 0 aliphatic carbocycles. The maximum absolute atomic E-state index is 13.3. The van der Waals surface area contributed by atoms with Gasteiger partial charge in [-0.05, 0) is 38.7 Å². The van der Waals surface area contributed by atoms with Crippen molar-refractivity contribution in [3.63, 3.8) is 0 Å². The van der Waals surface area contributed by atoms with E-state index in [1.807, 2.05) is 25.1 Å². The monoisotopic (exact) mass is 281 g/mol. The normalized spacial score (nSPS) is 15.8. The molecule has 0 aliphatic rings. The number of carbonyl (C=O) groups excluding carboxylic acids is 1. The van der Waals surface area contributed by atoms with Crippen LogP contribution in [0.1, 0.15) is 25.5 Å². The lowest BCUT2D eigenvalue weighted by atomic mass is 10.0. The van der Waals surface area contributed by atoms with Gasteiger partial charge >= 0.3 is 0 Å². The Morgan fingerprint density at radius 1 is 1.40 bits per heavy atom. The van der Waals surface area contributed by atoms with Crippen molar-refractivity contribution < 1.29 is 9.18 Å². The number of benzene rings is 1. The zero-order valence-corrected chi connectivity index (χ0v) is 12.6. The molecule has 0 aromatic heterocycles. The van der Waals surface area contributed by atoms with E-state index in [2.05, 4.69) is 5.32 Å². The molecule has 20 heavy (non-hydrogen) atoms. The van der Waals surface area contributed by atoms with Crippen LogP contribution in [0.25, 0.3) is 0 Å². The smallest absolute Gasteiger partial charge is 0.224 e. The summed E-state index contributed by atoms with van der Waals surface area (Å²) in [5.74, 6) is -0.599. The molecule has 3 atom stereocenters. The van der Waals surface area contributed by atoms with Crippen molar-refractivity contribution >= 4 is 5.91 Å². The number of halogens is 1. The summed E-state index contributed by atoms with van der Waals surface area (Å²) >= 11 is 0. The fraction of sp³-hybridized carbons (Fsp3) is 0.533. The Labute approximate surface area is 120 Å². The highest BCUT2D eigenvalue weighted by Crippen LogP contribution is 2.18. The first-order chi connectivity index (χ1) is 9.32. The van der Waals surface area contributed by atoms with Crippen molar-refractivity contribution in [2.24, 2.45) is 11.7 Å². The predicted molar refractivity (Wildman–Crippen MR) is 78.7 cm³/mol. The van der Waals surface area contributed by atoms with E-state index in [9.17, 15) is 9.18 Å². The van der Waals surface area contributed by atoms with Gasteiger partial charge in [-0.15, -0.1) is 0 Å². The molecule has 0 heterocycles. The number of carbonyl (C=O) groups is 1. The standard InChI is InChI=1S/C15H24FN3O/c1-10(11(2)17)15(20)18-9-14(19(3)4)12-6-5-7-13(16)8-12/h5-8,10-11,14H,9,17H2,1-4H3,(H,18,20). The van der Waals surface area contributed by atoms with Gasteiger partial charge in [0.05, 0.1) is 6.04 Å². The van der Waals surface area contributed by atoms with Gasteiger partial charge in [0.2, 0.25) is 5.91 Å². The molecule has 3 N–H and O–H groups in total. The van der Waals surface area contributed by atoms with Gasteiger partial charge < -0.3 is 16.0 Å². The summed E-state index contributed by atoms with van der Waals surface area (Å²) < 4.78 is 13.3. The average molecular weight is 281 g/mol. The molecule has 0 fully saturated rings. The van der Waals surface area contributed by atoms with Crippen LogP contribution >= 0.6 is 0 Å². The molecule has 0 spiro atoms. The van der Waals surface area contributed by atoms with E-state index in [-0.39, 0.29) is 29.7 Å².